The van der Waals surface area contributed by atoms with Crippen LogP contribution in [0.5, 0.6) is 0 Å². The summed E-state index contributed by atoms with van der Waals surface area (Å²) in [6.45, 7) is 2.27. The van der Waals surface area contributed by atoms with Crippen molar-refractivity contribution in [2.24, 2.45) is 0 Å². The Morgan fingerprint density at radius 1 is 1.47 bits per heavy atom. The van der Waals surface area contributed by atoms with Gasteiger partial charge in [-0.3, -0.25) is 0 Å². The van der Waals surface area contributed by atoms with Gasteiger partial charge in [0.05, 0.1) is 6.10 Å². The van der Waals surface area contributed by atoms with E-state index < -0.39 is 0 Å². The van der Waals surface area contributed by atoms with Gasteiger partial charge in [-0.1, -0.05) is 12.1 Å². The molecule has 0 amide bonds. The first-order valence-corrected chi connectivity index (χ1v) is 6.91. The van der Waals surface area contributed by atoms with Gasteiger partial charge in [0.25, 0.3) is 0 Å². The number of hydrogen-bond acceptors (Lipinski definition) is 2. The Hall–Kier alpha value is -1.20. The van der Waals surface area contributed by atoms with Crippen LogP contribution in [0.25, 0.3) is 0 Å². The molecule has 0 unspecified atom stereocenters. The zero-order valence-corrected chi connectivity index (χ0v) is 11.9. The van der Waals surface area contributed by atoms with Gasteiger partial charge in [0.15, 0.2) is 5.11 Å². The Bertz CT molecular complexity index is 418. The van der Waals surface area contributed by atoms with E-state index in [1.54, 1.807) is 12.1 Å². The second-order valence-electron chi connectivity index (χ2n) is 4.80. The third-order valence-electron chi connectivity index (χ3n) is 3.18. The second-order valence-corrected chi connectivity index (χ2v) is 5.19. The Morgan fingerprint density at radius 3 is 2.84 bits per heavy atom. The van der Waals surface area contributed by atoms with Crippen LogP contribution in [0.4, 0.5) is 4.39 Å². The van der Waals surface area contributed by atoms with E-state index in [0.717, 1.165) is 31.6 Å². The van der Waals surface area contributed by atoms with E-state index in [0.29, 0.717) is 11.7 Å². The zero-order chi connectivity index (χ0) is 13.7. The number of ether oxygens (including phenoxy) is 1. The van der Waals surface area contributed by atoms with Crippen LogP contribution < -0.4 is 5.32 Å². The van der Waals surface area contributed by atoms with Crippen molar-refractivity contribution < 1.29 is 9.13 Å². The molecule has 1 aliphatic heterocycles. The summed E-state index contributed by atoms with van der Waals surface area (Å²) in [6, 6.07) is 6.47. The monoisotopic (exact) mass is 282 g/mol. The van der Waals surface area contributed by atoms with Crippen LogP contribution in [0.3, 0.4) is 0 Å². The summed E-state index contributed by atoms with van der Waals surface area (Å²) >= 11 is 5.32. The lowest BCUT2D eigenvalue weighted by Gasteiger charge is -2.22. The lowest BCUT2D eigenvalue weighted by Crippen LogP contribution is -2.40. The van der Waals surface area contributed by atoms with Crippen LogP contribution in [0.15, 0.2) is 24.3 Å². The van der Waals surface area contributed by atoms with Gasteiger partial charge in [-0.05, 0) is 42.8 Å². The van der Waals surface area contributed by atoms with Crippen LogP contribution in [0.1, 0.15) is 18.4 Å². The van der Waals surface area contributed by atoms with Gasteiger partial charge in [-0.2, -0.15) is 0 Å². The van der Waals surface area contributed by atoms with Crippen molar-refractivity contribution in [1.82, 2.24) is 10.2 Å². The van der Waals surface area contributed by atoms with Crippen LogP contribution >= 0.6 is 12.2 Å². The lowest BCUT2D eigenvalue weighted by atomic mass is 10.2. The van der Waals surface area contributed by atoms with Crippen molar-refractivity contribution in [3.05, 3.63) is 35.6 Å². The Balaban J connectivity index is 1.76. The number of halogens is 1. The van der Waals surface area contributed by atoms with Crippen molar-refractivity contribution in [3.63, 3.8) is 0 Å². The van der Waals surface area contributed by atoms with Gasteiger partial charge in [0.1, 0.15) is 5.82 Å². The van der Waals surface area contributed by atoms with Gasteiger partial charge < -0.3 is 15.0 Å². The minimum atomic E-state index is -0.217. The number of benzene rings is 1. The van der Waals surface area contributed by atoms with Crippen LogP contribution in [-0.2, 0) is 11.3 Å². The SMILES string of the molecule is CN(Cc1ccc(F)cc1)C(=S)NC[C@@H]1CCCO1. The van der Waals surface area contributed by atoms with Gasteiger partial charge >= 0.3 is 0 Å². The summed E-state index contributed by atoms with van der Waals surface area (Å²) < 4.78 is 18.3. The topological polar surface area (TPSA) is 24.5 Å². The smallest absolute Gasteiger partial charge is 0.169 e. The molecular weight excluding hydrogens is 263 g/mol. The number of rotatable bonds is 4. The van der Waals surface area contributed by atoms with E-state index in [1.165, 1.54) is 12.1 Å². The summed E-state index contributed by atoms with van der Waals surface area (Å²) in [5.74, 6) is -0.217. The number of hydrogen-bond donors (Lipinski definition) is 1. The molecule has 0 aromatic heterocycles. The second kappa shape index (κ2) is 6.82. The maximum Gasteiger partial charge on any atom is 0.169 e. The molecule has 19 heavy (non-hydrogen) atoms. The molecule has 0 aliphatic carbocycles. The predicted octanol–water partition coefficient (Wildman–Crippen LogP) is 2.31. The number of thiocarbonyl (C=S) groups is 1. The van der Waals surface area contributed by atoms with E-state index >= 15 is 0 Å². The Kier molecular flexibility index (Phi) is 5.10. The summed E-state index contributed by atoms with van der Waals surface area (Å²) in [6.07, 6.45) is 2.50. The molecule has 3 nitrogen and oxygen atoms in total. The lowest BCUT2D eigenvalue weighted by molar-refractivity contribution is 0.113. The maximum atomic E-state index is 12.8. The van der Waals surface area contributed by atoms with Crippen LogP contribution in [0, 0.1) is 5.82 Å². The van der Waals surface area contributed by atoms with Gasteiger partial charge in [0.2, 0.25) is 0 Å². The zero-order valence-electron chi connectivity index (χ0n) is 11.1. The number of nitrogens with zero attached hydrogens (tertiary/aromatic N) is 1. The molecule has 0 bridgehead atoms. The van der Waals surface area contributed by atoms with Crippen molar-refractivity contribution in [1.29, 1.82) is 0 Å². The Morgan fingerprint density at radius 2 is 2.21 bits per heavy atom. The van der Waals surface area contributed by atoms with Crippen molar-refractivity contribution >= 4 is 17.3 Å². The molecule has 1 aromatic rings. The van der Waals surface area contributed by atoms with Gasteiger partial charge in [0, 0.05) is 26.7 Å². The molecule has 104 valence electrons. The average Bonchev–Trinajstić information content (AvgIpc) is 2.91. The van der Waals surface area contributed by atoms with E-state index in [4.69, 9.17) is 17.0 Å². The molecule has 0 saturated carbocycles. The fourth-order valence-electron chi connectivity index (χ4n) is 2.08. The maximum absolute atomic E-state index is 12.8. The molecule has 1 heterocycles. The normalized spacial score (nSPS) is 18.3. The molecule has 1 N–H and O–H groups in total. The highest BCUT2D eigenvalue weighted by Crippen LogP contribution is 2.11. The third-order valence-corrected chi connectivity index (χ3v) is 3.64. The first-order chi connectivity index (χ1) is 9.15. The average molecular weight is 282 g/mol. The fourth-order valence-corrected chi connectivity index (χ4v) is 2.22. The highest BCUT2D eigenvalue weighted by molar-refractivity contribution is 7.80. The molecule has 2 rings (SSSR count). The molecule has 1 atom stereocenters. The first kappa shape index (κ1) is 14.2. The highest BCUT2D eigenvalue weighted by Gasteiger charge is 2.16. The first-order valence-electron chi connectivity index (χ1n) is 6.50. The van der Waals surface area contributed by atoms with Gasteiger partial charge in [-0.15, -0.1) is 0 Å². The minimum Gasteiger partial charge on any atom is -0.376 e. The van der Waals surface area contributed by atoms with E-state index in [2.05, 4.69) is 5.32 Å². The van der Waals surface area contributed by atoms with Crippen LogP contribution in [0.2, 0.25) is 0 Å². The summed E-state index contributed by atoms with van der Waals surface area (Å²) in [5, 5.41) is 3.91. The van der Waals surface area contributed by atoms with Crippen molar-refractivity contribution in [3.8, 4) is 0 Å². The number of nitrogens with one attached hydrogen (secondary N) is 1. The van der Waals surface area contributed by atoms with E-state index in [1.807, 2.05) is 11.9 Å². The predicted molar refractivity (Wildman–Crippen MR) is 77.4 cm³/mol. The third kappa shape index (κ3) is 4.44. The molecule has 0 spiro atoms. The molecule has 0 radical (unpaired) electrons. The van der Waals surface area contributed by atoms with Gasteiger partial charge in [-0.25, -0.2) is 4.39 Å². The van der Waals surface area contributed by atoms with E-state index in [9.17, 15) is 4.39 Å². The fraction of sp³-hybridized carbons (Fsp3) is 0.500. The largest absolute Gasteiger partial charge is 0.376 e. The van der Waals surface area contributed by atoms with Crippen LogP contribution in [-0.4, -0.2) is 36.3 Å². The summed E-state index contributed by atoms with van der Waals surface area (Å²) in [5.41, 5.74) is 1.03. The quantitative estimate of drug-likeness (QED) is 0.857. The summed E-state index contributed by atoms with van der Waals surface area (Å²) in [7, 11) is 1.92. The molecule has 1 aliphatic rings. The molecule has 5 heteroatoms. The van der Waals surface area contributed by atoms with Crippen molar-refractivity contribution in [2.45, 2.75) is 25.5 Å². The standard InChI is InChI=1S/C14H19FN2OS/c1-17(10-11-4-6-12(15)7-5-11)14(19)16-9-13-3-2-8-18-13/h4-7,13H,2-3,8-10H2,1H3,(H,16,19)/t13-/m0/s1. The minimum absolute atomic E-state index is 0.217. The molecule has 1 fully saturated rings. The molecular formula is C14H19FN2OS. The van der Waals surface area contributed by atoms with Crippen molar-refractivity contribution in [2.75, 3.05) is 20.2 Å². The molecule has 1 saturated heterocycles. The Labute approximate surface area is 118 Å². The summed E-state index contributed by atoms with van der Waals surface area (Å²) in [4.78, 5) is 1.94. The molecule has 1 aromatic carbocycles. The van der Waals surface area contributed by atoms with E-state index in [-0.39, 0.29) is 11.9 Å². The highest BCUT2D eigenvalue weighted by atomic mass is 32.1.